The first kappa shape index (κ1) is 26.0. The van der Waals surface area contributed by atoms with E-state index in [1.165, 1.54) is 14.1 Å². The molecule has 180 valence electrons. The summed E-state index contributed by atoms with van der Waals surface area (Å²) in [6.07, 6.45) is -4.15. The normalized spacial score (nSPS) is 12.1. The lowest BCUT2D eigenvalue weighted by atomic mass is 10.0. The number of benzene rings is 1. The second kappa shape index (κ2) is 10.1. The molecule has 0 aliphatic carbocycles. The van der Waals surface area contributed by atoms with E-state index in [0.717, 1.165) is 34.5 Å². The number of nitrogens with one attached hydrogen (secondary N) is 2. The molecule has 33 heavy (non-hydrogen) atoms. The van der Waals surface area contributed by atoms with Crippen LogP contribution in [-0.4, -0.2) is 38.8 Å². The van der Waals surface area contributed by atoms with E-state index in [1.807, 2.05) is 26.0 Å². The Morgan fingerprint density at radius 1 is 1.21 bits per heavy atom. The summed E-state index contributed by atoms with van der Waals surface area (Å²) in [4.78, 5) is 13.3. The largest absolute Gasteiger partial charge is 0.505 e. The number of aromatic nitrogens is 2. The van der Waals surface area contributed by atoms with Gasteiger partial charge in [-0.25, -0.2) is 0 Å². The van der Waals surface area contributed by atoms with Gasteiger partial charge in [0.25, 0.3) is 5.91 Å². The highest BCUT2D eigenvalue weighted by molar-refractivity contribution is 6.99. The maximum Gasteiger partial charge on any atom is 0.417 e. The molecule has 1 aromatic carbocycles. The van der Waals surface area contributed by atoms with Gasteiger partial charge in [0.1, 0.15) is 11.5 Å². The molecule has 0 aliphatic rings. The lowest BCUT2D eigenvalue weighted by Crippen LogP contribution is -2.25. The molecule has 0 aliphatic heterocycles. The Hall–Kier alpha value is -3.28. The Morgan fingerprint density at radius 2 is 1.88 bits per heavy atom. The van der Waals surface area contributed by atoms with Crippen molar-refractivity contribution >= 4 is 35.0 Å². The van der Waals surface area contributed by atoms with Gasteiger partial charge in [0.2, 0.25) is 0 Å². The van der Waals surface area contributed by atoms with Crippen molar-refractivity contribution in [1.29, 1.82) is 0 Å². The van der Waals surface area contributed by atoms with Crippen LogP contribution in [0.15, 0.2) is 28.7 Å². The maximum absolute atomic E-state index is 13.4. The van der Waals surface area contributed by atoms with Crippen molar-refractivity contribution in [2.45, 2.75) is 39.9 Å². The first-order valence-electron chi connectivity index (χ1n) is 9.60. The SMILES string of the molecule is C.CC[C@@H](Nc1nsnc1Nc1ccc(C(F)(F)F)c(C(=O)N(C)C)c1O)c1ccc(C)o1. The average molecular weight is 486 g/mol. The fourth-order valence-electron chi connectivity index (χ4n) is 3.04. The third kappa shape index (κ3) is 5.56. The van der Waals surface area contributed by atoms with Crippen LogP contribution in [0, 0.1) is 6.92 Å². The van der Waals surface area contributed by atoms with Gasteiger partial charge in [-0.2, -0.15) is 21.9 Å². The second-order valence-corrected chi connectivity index (χ2v) is 7.75. The number of rotatable bonds is 7. The zero-order valence-corrected chi connectivity index (χ0v) is 18.6. The molecule has 8 nitrogen and oxygen atoms in total. The monoisotopic (exact) mass is 485 g/mol. The summed E-state index contributed by atoms with van der Waals surface area (Å²) in [6, 6.07) is 5.24. The molecule has 12 heteroatoms. The Labute approximate surface area is 193 Å². The van der Waals surface area contributed by atoms with E-state index in [2.05, 4.69) is 19.4 Å². The van der Waals surface area contributed by atoms with Gasteiger partial charge in [0.05, 0.1) is 34.6 Å². The minimum atomic E-state index is -4.82. The number of anilines is 3. The van der Waals surface area contributed by atoms with Gasteiger partial charge in [-0.15, -0.1) is 0 Å². The highest BCUT2D eigenvalue weighted by Gasteiger charge is 2.38. The Bertz CT molecular complexity index is 1110. The minimum Gasteiger partial charge on any atom is -0.505 e. The lowest BCUT2D eigenvalue weighted by molar-refractivity contribution is -0.138. The molecule has 0 bridgehead atoms. The molecule has 0 saturated heterocycles. The predicted molar refractivity (Wildman–Crippen MR) is 121 cm³/mol. The molecule has 3 N–H and O–H groups in total. The topological polar surface area (TPSA) is 104 Å². The Kier molecular flexibility index (Phi) is 7.96. The molecule has 0 fully saturated rings. The zero-order valence-electron chi connectivity index (χ0n) is 17.7. The number of phenols is 1. The van der Waals surface area contributed by atoms with E-state index in [0.29, 0.717) is 18.0 Å². The fourth-order valence-corrected chi connectivity index (χ4v) is 3.52. The van der Waals surface area contributed by atoms with Gasteiger partial charge in [-0.1, -0.05) is 14.4 Å². The van der Waals surface area contributed by atoms with E-state index in [4.69, 9.17) is 4.42 Å². The van der Waals surface area contributed by atoms with Crippen LogP contribution in [0.5, 0.6) is 5.75 Å². The van der Waals surface area contributed by atoms with E-state index >= 15 is 0 Å². The molecule has 1 amide bonds. The predicted octanol–water partition coefficient (Wildman–Crippen LogP) is 5.81. The first-order chi connectivity index (χ1) is 15.0. The fraction of sp³-hybridized carbons (Fsp3) is 0.381. The third-order valence-electron chi connectivity index (χ3n) is 4.67. The number of hydrogen-bond acceptors (Lipinski definition) is 8. The molecule has 0 radical (unpaired) electrons. The number of amides is 1. The van der Waals surface area contributed by atoms with Crippen molar-refractivity contribution in [3.05, 3.63) is 46.9 Å². The quantitative estimate of drug-likeness (QED) is 0.363. The number of carbonyl (C=O) groups excluding carboxylic acids is 1. The van der Waals surface area contributed by atoms with Crippen molar-refractivity contribution in [2.75, 3.05) is 24.7 Å². The maximum atomic E-state index is 13.4. The molecule has 0 unspecified atom stereocenters. The number of phenolic OH excluding ortho intramolecular Hbond substituents is 1. The summed E-state index contributed by atoms with van der Waals surface area (Å²) in [5.74, 6) is 0.160. The lowest BCUT2D eigenvalue weighted by Gasteiger charge is -2.20. The molecule has 1 atom stereocenters. The van der Waals surface area contributed by atoms with Crippen LogP contribution in [0.4, 0.5) is 30.5 Å². The number of carbonyl (C=O) groups is 1. The van der Waals surface area contributed by atoms with Gasteiger partial charge in [-0.05, 0) is 37.6 Å². The number of alkyl halides is 3. The summed E-state index contributed by atoms with van der Waals surface area (Å²) < 4.78 is 54.2. The van der Waals surface area contributed by atoms with Crippen LogP contribution < -0.4 is 10.6 Å². The number of aryl methyl sites for hydroxylation is 1. The van der Waals surface area contributed by atoms with Crippen LogP contribution in [0.2, 0.25) is 0 Å². The summed E-state index contributed by atoms with van der Waals surface area (Å²) in [6.45, 7) is 3.77. The Balaban J connectivity index is 0.00000385. The first-order valence-corrected chi connectivity index (χ1v) is 10.3. The van der Waals surface area contributed by atoms with E-state index < -0.39 is 29.0 Å². The molecule has 3 rings (SSSR count). The summed E-state index contributed by atoms with van der Waals surface area (Å²) >= 11 is 0.875. The van der Waals surface area contributed by atoms with Gasteiger partial charge in [0.15, 0.2) is 17.4 Å². The van der Waals surface area contributed by atoms with E-state index in [-0.39, 0.29) is 25.0 Å². The summed E-state index contributed by atoms with van der Waals surface area (Å²) in [7, 11) is 2.60. The smallest absolute Gasteiger partial charge is 0.417 e. The molecule has 2 heterocycles. The van der Waals surface area contributed by atoms with Gasteiger partial charge < -0.3 is 25.1 Å². The van der Waals surface area contributed by atoms with Gasteiger partial charge >= 0.3 is 6.18 Å². The van der Waals surface area contributed by atoms with Gasteiger partial charge in [0, 0.05) is 14.1 Å². The van der Waals surface area contributed by atoms with Crippen molar-refractivity contribution in [3.63, 3.8) is 0 Å². The van der Waals surface area contributed by atoms with Crippen LogP contribution in [0.25, 0.3) is 0 Å². The summed E-state index contributed by atoms with van der Waals surface area (Å²) in [5.41, 5.74) is -2.18. The van der Waals surface area contributed by atoms with Gasteiger partial charge in [-0.3, -0.25) is 4.79 Å². The molecule has 3 aromatic rings. The highest BCUT2D eigenvalue weighted by Crippen LogP contribution is 2.41. The second-order valence-electron chi connectivity index (χ2n) is 7.22. The number of nitrogens with zero attached hydrogens (tertiary/aromatic N) is 3. The Morgan fingerprint density at radius 3 is 2.42 bits per heavy atom. The van der Waals surface area contributed by atoms with Crippen LogP contribution in [-0.2, 0) is 6.18 Å². The molecule has 0 saturated carbocycles. The minimum absolute atomic E-state index is 0. The van der Waals surface area contributed by atoms with E-state index in [1.54, 1.807) is 0 Å². The van der Waals surface area contributed by atoms with Crippen LogP contribution in [0.3, 0.4) is 0 Å². The molecule has 2 aromatic heterocycles. The molecular weight excluding hydrogens is 459 g/mol. The molecule has 0 spiro atoms. The summed E-state index contributed by atoms with van der Waals surface area (Å²) in [5, 5.41) is 16.5. The average Bonchev–Trinajstić information content (AvgIpc) is 3.34. The van der Waals surface area contributed by atoms with Crippen LogP contribution in [0.1, 0.15) is 54.3 Å². The van der Waals surface area contributed by atoms with E-state index in [9.17, 15) is 23.1 Å². The standard InChI is InChI=1S/C20H22F3N5O3S.CH4/c1-5-12(14-9-6-10(2)31-14)24-17-18(27-32-26-17)25-13-8-7-11(20(21,22)23)15(16(13)29)19(30)28(3)4;/h6-9,12,29H,5H2,1-4H3,(H,24,26)(H,25,27);1H4/t12-;/m1./s1. The third-order valence-corrected chi connectivity index (χ3v) is 5.20. The van der Waals surface area contributed by atoms with Crippen molar-refractivity contribution in [3.8, 4) is 5.75 Å². The number of aromatic hydroxyl groups is 1. The number of furan rings is 1. The number of hydrogen-bond donors (Lipinski definition) is 3. The van der Waals surface area contributed by atoms with Crippen molar-refractivity contribution < 1.29 is 27.5 Å². The molecular formula is C21H26F3N5O3S. The van der Waals surface area contributed by atoms with Crippen molar-refractivity contribution in [2.24, 2.45) is 0 Å². The van der Waals surface area contributed by atoms with Crippen molar-refractivity contribution in [1.82, 2.24) is 13.6 Å². The zero-order chi connectivity index (χ0) is 23.6. The highest BCUT2D eigenvalue weighted by atomic mass is 32.1. The number of halogens is 3. The van der Waals surface area contributed by atoms with Crippen LogP contribution >= 0.6 is 11.7 Å².